The van der Waals surface area contributed by atoms with E-state index in [9.17, 15) is 22.8 Å². The fourth-order valence-corrected chi connectivity index (χ4v) is 4.54. The molecule has 2 unspecified atom stereocenters. The van der Waals surface area contributed by atoms with Crippen molar-refractivity contribution in [2.75, 3.05) is 17.3 Å². The number of ether oxygens (including phenoxy) is 1. The van der Waals surface area contributed by atoms with Gasteiger partial charge in [-0.05, 0) is 35.2 Å². The minimum Gasteiger partial charge on any atom is -0.497 e. The number of anilines is 2. The quantitative estimate of drug-likeness (QED) is 0.687. The van der Waals surface area contributed by atoms with Gasteiger partial charge in [0.1, 0.15) is 11.5 Å². The Kier molecular flexibility index (Phi) is 5.27. The smallest absolute Gasteiger partial charge is 0.471 e. The maximum atomic E-state index is 13.8. The highest BCUT2D eigenvalue weighted by Gasteiger charge is 2.52. The Morgan fingerprint density at radius 3 is 2.56 bits per heavy atom. The number of carbonyl (C=O) groups excluding carboxylic acids is 2. The van der Waals surface area contributed by atoms with Gasteiger partial charge in [-0.2, -0.15) is 13.2 Å². The van der Waals surface area contributed by atoms with E-state index in [0.29, 0.717) is 27.6 Å². The molecule has 2 aromatic carbocycles. The Balaban J connectivity index is 2.03. The average molecular weight is 444 g/mol. The lowest BCUT2D eigenvalue weighted by atomic mass is 9.72. The van der Waals surface area contributed by atoms with E-state index < -0.39 is 29.5 Å². The van der Waals surface area contributed by atoms with Gasteiger partial charge in [-0.1, -0.05) is 44.2 Å². The number of ketones is 1. The van der Waals surface area contributed by atoms with Crippen molar-refractivity contribution in [3.8, 4) is 5.75 Å². The number of hydrogen-bond donors (Lipinski definition) is 1. The van der Waals surface area contributed by atoms with E-state index in [0.717, 1.165) is 0 Å². The molecule has 0 saturated carbocycles. The van der Waals surface area contributed by atoms with Crippen molar-refractivity contribution >= 4 is 23.1 Å². The first-order valence-corrected chi connectivity index (χ1v) is 10.2. The van der Waals surface area contributed by atoms with Crippen molar-refractivity contribution in [2.24, 2.45) is 11.3 Å². The van der Waals surface area contributed by atoms with Crippen molar-refractivity contribution in [1.82, 2.24) is 0 Å². The molecule has 0 saturated heterocycles. The first-order chi connectivity index (χ1) is 15.0. The summed E-state index contributed by atoms with van der Waals surface area (Å²) in [6, 6.07) is 11.6. The number of carbonyl (C=O) groups is 2. The third-order valence-corrected chi connectivity index (χ3v) is 5.79. The van der Waals surface area contributed by atoms with Crippen molar-refractivity contribution in [3.63, 3.8) is 0 Å². The van der Waals surface area contributed by atoms with E-state index >= 15 is 0 Å². The molecule has 1 heterocycles. The second kappa shape index (κ2) is 7.69. The maximum Gasteiger partial charge on any atom is 0.471 e. The molecule has 0 spiro atoms. The van der Waals surface area contributed by atoms with E-state index in [1.807, 2.05) is 19.9 Å². The number of nitrogens with zero attached hydrogens (tertiary/aromatic N) is 1. The van der Waals surface area contributed by atoms with Gasteiger partial charge in [0.2, 0.25) is 0 Å². The highest BCUT2D eigenvalue weighted by atomic mass is 19.4. The van der Waals surface area contributed by atoms with Crippen LogP contribution >= 0.6 is 0 Å². The van der Waals surface area contributed by atoms with Crippen LogP contribution in [0.25, 0.3) is 0 Å². The van der Waals surface area contributed by atoms with Gasteiger partial charge < -0.3 is 10.1 Å². The monoisotopic (exact) mass is 444 g/mol. The number of nitrogens with one attached hydrogen (secondary N) is 1. The van der Waals surface area contributed by atoms with E-state index in [1.54, 1.807) is 42.5 Å². The zero-order chi connectivity index (χ0) is 23.3. The molecule has 0 fully saturated rings. The van der Waals surface area contributed by atoms with Gasteiger partial charge in [0.25, 0.3) is 0 Å². The second-order valence-corrected chi connectivity index (χ2v) is 8.75. The molecule has 8 heteroatoms. The molecule has 2 atom stereocenters. The molecule has 32 heavy (non-hydrogen) atoms. The van der Waals surface area contributed by atoms with E-state index in [1.165, 1.54) is 13.2 Å². The Morgan fingerprint density at radius 1 is 1.16 bits per heavy atom. The number of para-hydroxylation sites is 2. The molecule has 4 rings (SSSR count). The van der Waals surface area contributed by atoms with Crippen molar-refractivity contribution < 1.29 is 27.5 Å². The third-order valence-electron chi connectivity index (χ3n) is 5.79. The number of fused-ring (bicyclic) bond motifs is 2. The summed E-state index contributed by atoms with van der Waals surface area (Å²) in [4.78, 5) is 26.9. The predicted molar refractivity (Wildman–Crippen MR) is 114 cm³/mol. The molecule has 2 aliphatic rings. The maximum absolute atomic E-state index is 13.8. The van der Waals surface area contributed by atoms with Crippen LogP contribution < -0.4 is 15.0 Å². The number of allylic oxidation sites excluding steroid dienone is 1. The Bertz CT molecular complexity index is 1110. The molecule has 0 aromatic heterocycles. The van der Waals surface area contributed by atoms with E-state index in [4.69, 9.17) is 4.74 Å². The van der Waals surface area contributed by atoms with Gasteiger partial charge in [0, 0.05) is 12.1 Å². The lowest BCUT2D eigenvalue weighted by Crippen LogP contribution is -2.48. The number of rotatable bonds is 2. The van der Waals surface area contributed by atoms with Gasteiger partial charge >= 0.3 is 12.1 Å². The van der Waals surface area contributed by atoms with Crippen LogP contribution in [0, 0.1) is 11.3 Å². The third kappa shape index (κ3) is 3.85. The summed E-state index contributed by atoms with van der Waals surface area (Å²) in [5.41, 5.74) is 0.779. The first kappa shape index (κ1) is 21.9. The number of halogens is 3. The Morgan fingerprint density at radius 2 is 1.88 bits per heavy atom. The normalized spacial score (nSPS) is 22.1. The minimum atomic E-state index is -5.13. The summed E-state index contributed by atoms with van der Waals surface area (Å²) in [6.07, 6.45) is -3.10. The fraction of sp³-hybridized carbons (Fsp3) is 0.333. The van der Waals surface area contributed by atoms with Crippen molar-refractivity contribution in [3.05, 3.63) is 65.9 Å². The van der Waals surface area contributed by atoms with Gasteiger partial charge in [-0.15, -0.1) is 0 Å². The summed E-state index contributed by atoms with van der Waals surface area (Å²) < 4.78 is 46.7. The zero-order valence-electron chi connectivity index (χ0n) is 17.9. The minimum absolute atomic E-state index is 0.0588. The van der Waals surface area contributed by atoms with Crippen molar-refractivity contribution in [1.29, 1.82) is 0 Å². The summed E-state index contributed by atoms with van der Waals surface area (Å²) >= 11 is 0. The topological polar surface area (TPSA) is 58.6 Å². The molecule has 1 aliphatic heterocycles. The lowest BCUT2D eigenvalue weighted by molar-refractivity contribution is -0.171. The van der Waals surface area contributed by atoms with Crippen LogP contribution in [0.15, 0.2) is 60.3 Å². The average Bonchev–Trinajstić information content (AvgIpc) is 2.85. The number of methoxy groups -OCH3 is 1. The van der Waals surface area contributed by atoms with Gasteiger partial charge in [-0.3, -0.25) is 14.5 Å². The standard InChI is InChI=1S/C24H23F3N2O3/c1-23(2)12-17-20(19(30)13-23)21(14-7-6-8-15(11-14)32-3)29(22(31)24(25,26)27)18-10-5-4-9-16(18)28-17/h4-12,20-21,28H,13H2,1-3H3. The zero-order valence-corrected chi connectivity index (χ0v) is 17.9. The van der Waals surface area contributed by atoms with Crippen LogP contribution in [-0.4, -0.2) is 25.0 Å². The van der Waals surface area contributed by atoms with Crippen LogP contribution in [-0.2, 0) is 9.59 Å². The first-order valence-electron chi connectivity index (χ1n) is 10.2. The molecule has 2 aromatic rings. The van der Waals surface area contributed by atoms with Crippen LogP contribution in [0.2, 0.25) is 0 Å². The van der Waals surface area contributed by atoms with Crippen LogP contribution in [0.4, 0.5) is 24.5 Å². The molecule has 1 aliphatic carbocycles. The van der Waals surface area contributed by atoms with Gasteiger partial charge in [0.05, 0.1) is 30.4 Å². The lowest BCUT2D eigenvalue weighted by Gasteiger charge is -2.39. The van der Waals surface area contributed by atoms with Gasteiger partial charge in [-0.25, -0.2) is 0 Å². The Hall–Kier alpha value is -3.29. The molecule has 0 bridgehead atoms. The van der Waals surface area contributed by atoms with Crippen LogP contribution in [0.1, 0.15) is 31.9 Å². The predicted octanol–water partition coefficient (Wildman–Crippen LogP) is 5.26. The van der Waals surface area contributed by atoms with Gasteiger partial charge in [0.15, 0.2) is 0 Å². The number of benzene rings is 2. The Labute approximate surface area is 183 Å². The summed E-state index contributed by atoms with van der Waals surface area (Å²) in [5.74, 6) is -2.84. The SMILES string of the molecule is COc1cccc(C2C3C(=O)CC(C)(C)C=C3Nc3ccccc3N2C(=O)C(F)(F)F)c1. The highest BCUT2D eigenvalue weighted by molar-refractivity contribution is 6.03. The second-order valence-electron chi connectivity index (χ2n) is 8.75. The summed E-state index contributed by atoms with van der Waals surface area (Å²) in [6.45, 7) is 3.79. The van der Waals surface area contributed by atoms with Crippen LogP contribution in [0.5, 0.6) is 5.75 Å². The molecular formula is C24H23F3N2O3. The summed E-state index contributed by atoms with van der Waals surface area (Å²) in [5, 5.41) is 3.16. The summed E-state index contributed by atoms with van der Waals surface area (Å²) in [7, 11) is 1.45. The molecule has 168 valence electrons. The highest BCUT2D eigenvalue weighted by Crippen LogP contribution is 2.49. The van der Waals surface area contributed by atoms with E-state index in [2.05, 4.69) is 5.32 Å². The van der Waals surface area contributed by atoms with E-state index in [-0.39, 0.29) is 17.9 Å². The van der Waals surface area contributed by atoms with Crippen molar-refractivity contribution in [2.45, 2.75) is 32.5 Å². The number of hydrogen-bond acceptors (Lipinski definition) is 4. The molecule has 1 N–H and O–H groups in total. The number of alkyl halides is 3. The molecule has 0 radical (unpaired) electrons. The number of Topliss-reactive ketones (excluding diaryl/α,β-unsaturated/α-hetero) is 1. The largest absolute Gasteiger partial charge is 0.497 e. The molecular weight excluding hydrogens is 421 g/mol. The number of amides is 1. The molecule has 5 nitrogen and oxygen atoms in total. The molecule has 1 amide bonds. The van der Waals surface area contributed by atoms with Crippen LogP contribution in [0.3, 0.4) is 0 Å². The fourth-order valence-electron chi connectivity index (χ4n) is 4.54.